The van der Waals surface area contributed by atoms with E-state index in [-0.39, 0.29) is 0 Å². The molecule has 0 aliphatic rings. The van der Waals surface area contributed by atoms with Gasteiger partial charge in [0.1, 0.15) is 11.8 Å². The third kappa shape index (κ3) is 2.11. The predicted molar refractivity (Wildman–Crippen MR) is 51.9 cm³/mol. The van der Waals surface area contributed by atoms with E-state index in [0.29, 0.717) is 10.9 Å². The first-order valence-corrected chi connectivity index (χ1v) is 4.87. The van der Waals surface area contributed by atoms with Crippen LogP contribution in [0.1, 0.15) is 5.69 Å². The highest BCUT2D eigenvalue weighted by molar-refractivity contribution is 7.99. The van der Waals surface area contributed by atoms with Gasteiger partial charge in [-0.3, -0.25) is 0 Å². The Morgan fingerprint density at radius 2 is 2.40 bits per heavy atom. The molecule has 0 spiro atoms. The molecule has 0 atom stereocenters. The van der Waals surface area contributed by atoms with E-state index >= 15 is 0 Å². The molecule has 0 saturated heterocycles. The monoisotopic (exact) mass is 218 g/mol. The molecule has 2 aromatic heterocycles. The molecule has 0 fully saturated rings. The highest BCUT2D eigenvalue weighted by Gasteiger charge is 2.05. The second kappa shape index (κ2) is 4.06. The lowest BCUT2D eigenvalue weighted by Crippen LogP contribution is -1.92. The molecule has 2 rings (SSSR count). The summed E-state index contributed by atoms with van der Waals surface area (Å²) in [6.45, 7) is 0. The molecule has 6 nitrogen and oxygen atoms in total. The van der Waals surface area contributed by atoms with E-state index in [1.54, 1.807) is 30.1 Å². The lowest BCUT2D eigenvalue weighted by atomic mass is 10.4. The van der Waals surface area contributed by atoms with Crippen molar-refractivity contribution in [3.63, 3.8) is 0 Å². The Balaban J connectivity index is 2.25. The van der Waals surface area contributed by atoms with Crippen molar-refractivity contribution < 1.29 is 0 Å². The number of nitriles is 1. The lowest BCUT2D eigenvalue weighted by Gasteiger charge is -1.98. The van der Waals surface area contributed by atoms with Gasteiger partial charge >= 0.3 is 0 Å². The molecule has 0 bridgehead atoms. The Kier molecular flexibility index (Phi) is 2.60. The van der Waals surface area contributed by atoms with E-state index in [2.05, 4.69) is 20.5 Å². The van der Waals surface area contributed by atoms with Crippen LogP contribution in [0.15, 0.2) is 28.4 Å². The normalized spacial score (nSPS) is 9.87. The third-order valence-corrected chi connectivity index (χ3v) is 2.65. The molecular weight excluding hydrogens is 212 g/mol. The third-order valence-electron chi connectivity index (χ3n) is 1.64. The van der Waals surface area contributed by atoms with Gasteiger partial charge in [-0.15, -0.1) is 5.10 Å². The Hall–Kier alpha value is -1.94. The van der Waals surface area contributed by atoms with Crippen LogP contribution in [0.5, 0.6) is 0 Å². The molecule has 0 radical (unpaired) electrons. The van der Waals surface area contributed by atoms with Crippen molar-refractivity contribution in [3.8, 4) is 6.07 Å². The van der Waals surface area contributed by atoms with Crippen LogP contribution in [0.3, 0.4) is 0 Å². The van der Waals surface area contributed by atoms with Gasteiger partial charge in [-0.1, -0.05) is 0 Å². The van der Waals surface area contributed by atoms with Crippen LogP contribution in [-0.4, -0.2) is 25.2 Å². The highest BCUT2D eigenvalue weighted by Crippen LogP contribution is 2.24. The first kappa shape index (κ1) is 9.61. The van der Waals surface area contributed by atoms with Crippen LogP contribution < -0.4 is 0 Å². The van der Waals surface area contributed by atoms with Crippen molar-refractivity contribution >= 4 is 11.8 Å². The number of hydrogen-bond donors (Lipinski definition) is 0. The summed E-state index contributed by atoms with van der Waals surface area (Å²) in [5.41, 5.74) is 0.384. The van der Waals surface area contributed by atoms with Gasteiger partial charge < -0.3 is 0 Å². The van der Waals surface area contributed by atoms with Gasteiger partial charge in [-0.05, 0) is 34.3 Å². The van der Waals surface area contributed by atoms with Crippen LogP contribution in [0.25, 0.3) is 0 Å². The smallest absolute Gasteiger partial charge is 0.213 e. The van der Waals surface area contributed by atoms with Gasteiger partial charge in [0.15, 0.2) is 0 Å². The predicted octanol–water partition coefficient (Wildman–Crippen LogP) is 0.628. The summed E-state index contributed by atoms with van der Waals surface area (Å²) in [6.07, 6.45) is 1.59. The fourth-order valence-corrected chi connectivity index (χ4v) is 1.71. The highest BCUT2D eigenvalue weighted by atomic mass is 32.2. The van der Waals surface area contributed by atoms with Crippen LogP contribution in [0.2, 0.25) is 0 Å². The Labute approximate surface area is 89.9 Å². The summed E-state index contributed by atoms with van der Waals surface area (Å²) >= 11 is 1.39. The Bertz CT molecular complexity index is 514. The molecule has 2 aromatic rings. The van der Waals surface area contributed by atoms with E-state index in [4.69, 9.17) is 5.26 Å². The molecule has 0 saturated carbocycles. The van der Waals surface area contributed by atoms with Crippen molar-refractivity contribution in [1.82, 2.24) is 25.2 Å². The molecule has 0 aromatic carbocycles. The summed E-state index contributed by atoms with van der Waals surface area (Å²) < 4.78 is 1.57. The zero-order valence-corrected chi connectivity index (χ0v) is 8.64. The summed E-state index contributed by atoms with van der Waals surface area (Å²) in [6, 6.07) is 5.48. The Morgan fingerprint density at radius 1 is 1.53 bits per heavy atom. The topological polar surface area (TPSA) is 80.3 Å². The largest absolute Gasteiger partial charge is 0.245 e. The fraction of sp³-hybridized carbons (Fsp3) is 0.125. The quantitative estimate of drug-likeness (QED) is 0.735. The van der Waals surface area contributed by atoms with E-state index in [9.17, 15) is 0 Å². The summed E-state index contributed by atoms with van der Waals surface area (Å²) in [5, 5.41) is 20.4. The zero-order valence-electron chi connectivity index (χ0n) is 7.82. The van der Waals surface area contributed by atoms with Gasteiger partial charge in [-0.25, -0.2) is 9.67 Å². The maximum atomic E-state index is 8.68. The number of tetrazole rings is 1. The number of aromatic nitrogens is 5. The van der Waals surface area contributed by atoms with Crippen LogP contribution >= 0.6 is 11.8 Å². The number of hydrogen-bond acceptors (Lipinski definition) is 6. The van der Waals surface area contributed by atoms with Gasteiger partial charge in [0.2, 0.25) is 5.16 Å². The second-order valence-corrected chi connectivity index (χ2v) is 3.72. The summed E-state index contributed by atoms with van der Waals surface area (Å²) in [5.74, 6) is 0. The summed E-state index contributed by atoms with van der Waals surface area (Å²) in [7, 11) is 1.76. The van der Waals surface area contributed by atoms with Crippen LogP contribution in [0, 0.1) is 11.3 Å². The number of pyridine rings is 1. The maximum Gasteiger partial charge on any atom is 0.213 e. The minimum absolute atomic E-state index is 0.384. The van der Waals surface area contributed by atoms with E-state index < -0.39 is 0 Å². The van der Waals surface area contributed by atoms with Gasteiger partial charge in [0.05, 0.1) is 0 Å². The molecule has 2 heterocycles. The maximum absolute atomic E-state index is 8.68. The van der Waals surface area contributed by atoms with Crippen molar-refractivity contribution in [2.75, 3.05) is 0 Å². The zero-order chi connectivity index (χ0) is 10.7. The standard InChI is InChI=1S/C8H6N6S/c1-14-8(11-12-13-14)15-7-2-3-10-6(4-7)5-9/h2-4H,1H3. The van der Waals surface area contributed by atoms with Crippen molar-refractivity contribution in [1.29, 1.82) is 5.26 Å². The average Bonchev–Trinajstić information content (AvgIpc) is 2.65. The molecule has 15 heavy (non-hydrogen) atoms. The first-order chi connectivity index (χ1) is 7.29. The van der Waals surface area contributed by atoms with E-state index in [0.717, 1.165) is 4.90 Å². The summed E-state index contributed by atoms with van der Waals surface area (Å²) in [4.78, 5) is 4.77. The van der Waals surface area contributed by atoms with Crippen molar-refractivity contribution in [2.24, 2.45) is 7.05 Å². The molecule has 74 valence electrons. The van der Waals surface area contributed by atoms with E-state index in [1.807, 2.05) is 6.07 Å². The molecule has 0 aliphatic heterocycles. The Morgan fingerprint density at radius 3 is 3.07 bits per heavy atom. The molecule has 0 aliphatic carbocycles. The lowest BCUT2D eigenvalue weighted by molar-refractivity contribution is 0.664. The van der Waals surface area contributed by atoms with Crippen LogP contribution in [-0.2, 0) is 7.05 Å². The minimum Gasteiger partial charge on any atom is -0.245 e. The molecule has 7 heteroatoms. The number of rotatable bonds is 2. The van der Waals surface area contributed by atoms with E-state index in [1.165, 1.54) is 11.8 Å². The van der Waals surface area contributed by atoms with Crippen LogP contribution in [0.4, 0.5) is 0 Å². The number of aryl methyl sites for hydroxylation is 1. The van der Waals surface area contributed by atoms with Gasteiger partial charge in [0, 0.05) is 18.1 Å². The fourth-order valence-electron chi connectivity index (χ4n) is 0.949. The molecule has 0 amide bonds. The first-order valence-electron chi connectivity index (χ1n) is 4.06. The molecule has 0 unspecified atom stereocenters. The molecule has 0 N–H and O–H groups in total. The van der Waals surface area contributed by atoms with Crippen molar-refractivity contribution in [2.45, 2.75) is 10.1 Å². The molecular formula is C8H6N6S. The van der Waals surface area contributed by atoms with Crippen molar-refractivity contribution in [3.05, 3.63) is 24.0 Å². The number of nitrogens with zero attached hydrogens (tertiary/aromatic N) is 6. The van der Waals surface area contributed by atoms with Gasteiger partial charge in [-0.2, -0.15) is 5.26 Å². The minimum atomic E-state index is 0.384. The second-order valence-electron chi connectivity index (χ2n) is 2.68. The van der Waals surface area contributed by atoms with Gasteiger partial charge in [0.25, 0.3) is 0 Å². The SMILES string of the molecule is Cn1nnnc1Sc1ccnc(C#N)c1. The average molecular weight is 218 g/mol.